The van der Waals surface area contributed by atoms with E-state index in [2.05, 4.69) is 0 Å². The minimum absolute atomic E-state index is 0.131. The number of carbonyl (C=O) groups excluding carboxylic acids is 1. The van der Waals surface area contributed by atoms with Gasteiger partial charge >= 0.3 is 0 Å². The molecule has 2 aromatic rings. The molecule has 2 nitrogen and oxygen atoms in total. The van der Waals surface area contributed by atoms with Crippen molar-refractivity contribution in [1.82, 2.24) is 0 Å². The van der Waals surface area contributed by atoms with Gasteiger partial charge in [-0.1, -0.05) is 24.3 Å². The highest BCUT2D eigenvalue weighted by atomic mass is 16.5. The molecule has 2 rings (SSSR count). The lowest BCUT2D eigenvalue weighted by atomic mass is 9.99. The molecule has 2 aromatic carbocycles. The van der Waals surface area contributed by atoms with Gasteiger partial charge in [0.05, 0.1) is 7.11 Å². The fraction of sp³-hybridized carbons (Fsp3) is 0.188. The lowest BCUT2D eigenvalue weighted by molar-refractivity contribution is 0.0992. The lowest BCUT2D eigenvalue weighted by Gasteiger charge is -2.05. The van der Waals surface area contributed by atoms with Crippen LogP contribution in [-0.2, 0) is 6.42 Å². The van der Waals surface area contributed by atoms with Crippen molar-refractivity contribution < 1.29 is 9.53 Å². The highest BCUT2D eigenvalue weighted by molar-refractivity contribution is 5.97. The summed E-state index contributed by atoms with van der Waals surface area (Å²) in [6, 6.07) is 15.2. The van der Waals surface area contributed by atoms with Crippen molar-refractivity contribution in [1.29, 1.82) is 0 Å². The van der Waals surface area contributed by atoms with E-state index >= 15 is 0 Å². The zero-order chi connectivity index (χ0) is 13.0. The topological polar surface area (TPSA) is 26.3 Å². The molecule has 0 spiro atoms. The predicted octanol–water partition coefficient (Wildman–Crippen LogP) is 3.43. The lowest BCUT2D eigenvalue weighted by Crippen LogP contribution is -2.04. The van der Waals surface area contributed by atoms with E-state index in [1.54, 1.807) is 19.2 Å². The predicted molar refractivity (Wildman–Crippen MR) is 72.2 cm³/mol. The molecule has 0 atom stereocenters. The molecule has 0 N–H and O–H groups in total. The van der Waals surface area contributed by atoms with Gasteiger partial charge in [0.1, 0.15) is 5.75 Å². The van der Waals surface area contributed by atoms with Crippen LogP contribution in [0, 0.1) is 6.92 Å². The number of methoxy groups -OCH3 is 1. The van der Waals surface area contributed by atoms with E-state index in [9.17, 15) is 4.79 Å². The van der Waals surface area contributed by atoms with Crippen LogP contribution in [0.4, 0.5) is 0 Å². The Labute approximate surface area is 107 Å². The molecule has 0 saturated heterocycles. The van der Waals surface area contributed by atoms with Crippen LogP contribution >= 0.6 is 0 Å². The number of ketones is 1. The third-order valence-electron chi connectivity index (χ3n) is 3.02. The van der Waals surface area contributed by atoms with E-state index < -0.39 is 0 Å². The van der Waals surface area contributed by atoms with E-state index in [0.717, 1.165) is 22.4 Å². The summed E-state index contributed by atoms with van der Waals surface area (Å²) in [5, 5.41) is 0. The molecule has 0 aliphatic carbocycles. The maximum absolute atomic E-state index is 12.1. The molecular formula is C16H16O2. The van der Waals surface area contributed by atoms with Gasteiger partial charge < -0.3 is 4.74 Å². The monoisotopic (exact) mass is 240 g/mol. The molecule has 18 heavy (non-hydrogen) atoms. The van der Waals surface area contributed by atoms with Crippen LogP contribution in [0.25, 0.3) is 0 Å². The molecule has 0 aromatic heterocycles. The van der Waals surface area contributed by atoms with Gasteiger partial charge in [-0.2, -0.15) is 0 Å². The van der Waals surface area contributed by atoms with Crippen molar-refractivity contribution in [3.05, 3.63) is 65.2 Å². The van der Waals surface area contributed by atoms with Gasteiger partial charge in [-0.3, -0.25) is 4.79 Å². The van der Waals surface area contributed by atoms with Crippen LogP contribution in [0.1, 0.15) is 21.5 Å². The maximum Gasteiger partial charge on any atom is 0.167 e. The molecule has 0 aliphatic heterocycles. The summed E-state index contributed by atoms with van der Waals surface area (Å²) >= 11 is 0. The van der Waals surface area contributed by atoms with Crippen LogP contribution in [0.2, 0.25) is 0 Å². The second kappa shape index (κ2) is 5.50. The summed E-state index contributed by atoms with van der Waals surface area (Å²) in [5.41, 5.74) is 2.96. The summed E-state index contributed by atoms with van der Waals surface area (Å²) in [6.45, 7) is 2.02. The Kier molecular flexibility index (Phi) is 3.78. The molecule has 0 aliphatic rings. The first-order valence-electron chi connectivity index (χ1n) is 5.92. The van der Waals surface area contributed by atoms with Gasteiger partial charge in [0.15, 0.2) is 5.78 Å². The standard InChI is InChI=1S/C16H16O2/c1-12-5-3-4-6-14(12)11-16(17)13-7-9-15(18-2)10-8-13/h3-10H,11H2,1-2H3. The van der Waals surface area contributed by atoms with E-state index in [1.807, 2.05) is 43.3 Å². The second-order valence-electron chi connectivity index (χ2n) is 4.25. The van der Waals surface area contributed by atoms with Crippen molar-refractivity contribution in [3.63, 3.8) is 0 Å². The normalized spacial score (nSPS) is 10.1. The molecule has 92 valence electrons. The quantitative estimate of drug-likeness (QED) is 0.765. The molecule has 0 unspecified atom stereocenters. The third-order valence-corrected chi connectivity index (χ3v) is 3.02. The number of rotatable bonds is 4. The van der Waals surface area contributed by atoms with Crippen LogP contribution < -0.4 is 4.74 Å². The summed E-state index contributed by atoms with van der Waals surface area (Å²) < 4.78 is 5.08. The number of hydrogen-bond donors (Lipinski definition) is 0. The average Bonchev–Trinajstić information content (AvgIpc) is 2.41. The van der Waals surface area contributed by atoms with Gasteiger partial charge in [-0.25, -0.2) is 0 Å². The summed E-state index contributed by atoms with van der Waals surface area (Å²) in [4.78, 5) is 12.1. The highest BCUT2D eigenvalue weighted by Crippen LogP contribution is 2.15. The van der Waals surface area contributed by atoms with Crippen molar-refractivity contribution in [2.75, 3.05) is 7.11 Å². The molecule has 0 radical (unpaired) electrons. The Morgan fingerprint density at radius 2 is 1.72 bits per heavy atom. The summed E-state index contributed by atoms with van der Waals surface area (Å²) in [7, 11) is 1.62. The molecule has 0 heterocycles. The maximum atomic E-state index is 12.1. The fourth-order valence-corrected chi connectivity index (χ4v) is 1.86. The van der Waals surface area contributed by atoms with E-state index in [1.165, 1.54) is 0 Å². The number of ether oxygens (including phenoxy) is 1. The van der Waals surface area contributed by atoms with E-state index in [-0.39, 0.29) is 5.78 Å². The average molecular weight is 240 g/mol. The third kappa shape index (κ3) is 2.77. The van der Waals surface area contributed by atoms with Gasteiger partial charge in [0.25, 0.3) is 0 Å². The van der Waals surface area contributed by atoms with E-state index in [0.29, 0.717) is 6.42 Å². The van der Waals surface area contributed by atoms with Crippen molar-refractivity contribution in [2.24, 2.45) is 0 Å². The zero-order valence-corrected chi connectivity index (χ0v) is 10.6. The second-order valence-corrected chi connectivity index (χ2v) is 4.25. The number of Topliss-reactive ketones (excluding diaryl/α,β-unsaturated/α-hetero) is 1. The zero-order valence-electron chi connectivity index (χ0n) is 10.6. The minimum atomic E-state index is 0.131. The molecular weight excluding hydrogens is 224 g/mol. The highest BCUT2D eigenvalue weighted by Gasteiger charge is 2.08. The number of carbonyl (C=O) groups is 1. The van der Waals surface area contributed by atoms with Crippen molar-refractivity contribution in [3.8, 4) is 5.75 Å². The summed E-state index contributed by atoms with van der Waals surface area (Å²) in [6.07, 6.45) is 0.443. The Hall–Kier alpha value is -2.09. The molecule has 0 saturated carbocycles. The van der Waals surface area contributed by atoms with E-state index in [4.69, 9.17) is 4.74 Å². The number of benzene rings is 2. The first-order chi connectivity index (χ1) is 8.70. The fourth-order valence-electron chi connectivity index (χ4n) is 1.86. The Morgan fingerprint density at radius 1 is 1.06 bits per heavy atom. The van der Waals surface area contributed by atoms with Crippen LogP contribution in [0.15, 0.2) is 48.5 Å². The summed E-state index contributed by atoms with van der Waals surface area (Å²) in [5.74, 6) is 0.898. The molecule has 2 heteroatoms. The van der Waals surface area contributed by atoms with Gasteiger partial charge in [0.2, 0.25) is 0 Å². The number of hydrogen-bond acceptors (Lipinski definition) is 2. The van der Waals surface area contributed by atoms with Crippen LogP contribution in [0.5, 0.6) is 5.75 Å². The minimum Gasteiger partial charge on any atom is -0.497 e. The molecule has 0 fully saturated rings. The first kappa shape index (κ1) is 12.4. The molecule has 0 bridgehead atoms. The Morgan fingerprint density at radius 3 is 2.33 bits per heavy atom. The Balaban J connectivity index is 2.14. The van der Waals surface area contributed by atoms with Gasteiger partial charge in [-0.05, 0) is 42.3 Å². The smallest absolute Gasteiger partial charge is 0.167 e. The molecule has 0 amide bonds. The van der Waals surface area contributed by atoms with Crippen molar-refractivity contribution >= 4 is 5.78 Å². The first-order valence-corrected chi connectivity index (χ1v) is 5.92. The van der Waals surface area contributed by atoms with Crippen molar-refractivity contribution in [2.45, 2.75) is 13.3 Å². The van der Waals surface area contributed by atoms with Gasteiger partial charge in [0, 0.05) is 12.0 Å². The van der Waals surface area contributed by atoms with Crippen LogP contribution in [0.3, 0.4) is 0 Å². The number of aryl methyl sites for hydroxylation is 1. The SMILES string of the molecule is COc1ccc(C(=O)Cc2ccccc2C)cc1. The van der Waals surface area contributed by atoms with Crippen LogP contribution in [-0.4, -0.2) is 12.9 Å². The largest absolute Gasteiger partial charge is 0.497 e. The Bertz CT molecular complexity index is 541. The van der Waals surface area contributed by atoms with Gasteiger partial charge in [-0.15, -0.1) is 0 Å².